The number of primary amides is 1. The summed E-state index contributed by atoms with van der Waals surface area (Å²) in [4.78, 5) is 21.9. The van der Waals surface area contributed by atoms with Crippen LogP contribution in [0, 0.1) is 25.2 Å². The lowest BCUT2D eigenvalue weighted by molar-refractivity contribution is 0.100. The van der Waals surface area contributed by atoms with E-state index in [1.54, 1.807) is 35.8 Å². The Kier molecular flexibility index (Phi) is 4.69. The molecule has 0 unspecified atom stereocenters. The smallest absolute Gasteiger partial charge is 0.254 e. The van der Waals surface area contributed by atoms with Crippen LogP contribution in [0.1, 0.15) is 27.0 Å². The lowest BCUT2D eigenvalue weighted by atomic mass is 10.0. The number of nitriles is 1. The van der Waals surface area contributed by atoms with Crippen molar-refractivity contribution in [1.82, 2.24) is 14.5 Å². The molecule has 2 aromatic heterocycles. The van der Waals surface area contributed by atoms with Gasteiger partial charge in [-0.2, -0.15) is 5.26 Å². The van der Waals surface area contributed by atoms with Gasteiger partial charge in [0.05, 0.1) is 28.4 Å². The zero-order valence-electron chi connectivity index (χ0n) is 18.5. The molecule has 166 valence electrons. The highest BCUT2D eigenvalue weighted by Crippen LogP contribution is 2.36. The number of carbonyl (C=O) groups is 1. The molecule has 2 heterocycles. The van der Waals surface area contributed by atoms with Crippen LogP contribution in [-0.4, -0.2) is 25.5 Å². The van der Waals surface area contributed by atoms with Crippen LogP contribution in [0.3, 0.4) is 0 Å². The van der Waals surface area contributed by atoms with Crippen LogP contribution < -0.4 is 11.5 Å². The number of aromatic nitrogens is 3. The Hall–Kier alpha value is -4.90. The summed E-state index contributed by atoms with van der Waals surface area (Å²) in [5.74, 6) is -0.514. The van der Waals surface area contributed by atoms with Gasteiger partial charge in [0.15, 0.2) is 5.65 Å². The average Bonchev–Trinajstić information content (AvgIpc) is 3.11. The maximum absolute atomic E-state index is 12.4. The van der Waals surface area contributed by atoms with Gasteiger partial charge >= 0.3 is 0 Å². The second-order valence-corrected chi connectivity index (χ2v) is 8.13. The summed E-state index contributed by atoms with van der Waals surface area (Å²) in [6.07, 6.45) is 0. The van der Waals surface area contributed by atoms with E-state index >= 15 is 0 Å². The summed E-state index contributed by atoms with van der Waals surface area (Å²) in [6, 6.07) is 18.4. The highest BCUT2D eigenvalue weighted by molar-refractivity contribution is 6.10. The lowest BCUT2D eigenvalue weighted by Crippen LogP contribution is -2.14. The predicted molar refractivity (Wildman–Crippen MR) is 131 cm³/mol. The first-order chi connectivity index (χ1) is 16.3. The highest BCUT2D eigenvalue weighted by Gasteiger charge is 2.25. The predicted octanol–water partition coefficient (Wildman–Crippen LogP) is 4.12. The van der Waals surface area contributed by atoms with Gasteiger partial charge in [-0.3, -0.25) is 9.36 Å². The Balaban J connectivity index is 1.83. The summed E-state index contributed by atoms with van der Waals surface area (Å²) < 4.78 is 1.62. The molecule has 0 spiro atoms. The maximum atomic E-state index is 12.4. The molecule has 34 heavy (non-hydrogen) atoms. The number of rotatable bonds is 3. The zero-order valence-corrected chi connectivity index (χ0v) is 18.5. The molecule has 3 aromatic carbocycles. The van der Waals surface area contributed by atoms with Gasteiger partial charge in [-0.25, -0.2) is 9.97 Å². The van der Waals surface area contributed by atoms with Crippen molar-refractivity contribution in [3.63, 3.8) is 0 Å². The number of anilines is 1. The number of nitrogens with two attached hydrogens (primary N) is 2. The summed E-state index contributed by atoms with van der Waals surface area (Å²) in [5, 5.41) is 19.5. The molecular formula is C26H20N6O2. The normalized spacial score (nSPS) is 11.1. The van der Waals surface area contributed by atoms with Crippen molar-refractivity contribution in [2.24, 2.45) is 5.73 Å². The monoisotopic (exact) mass is 448 g/mol. The fraction of sp³-hybridized carbons (Fsp3) is 0.0769. The fourth-order valence-electron chi connectivity index (χ4n) is 4.30. The highest BCUT2D eigenvalue weighted by atomic mass is 16.3. The van der Waals surface area contributed by atoms with Crippen LogP contribution in [0.2, 0.25) is 0 Å². The Labute approximate surface area is 194 Å². The van der Waals surface area contributed by atoms with Crippen LogP contribution in [0.5, 0.6) is 5.75 Å². The second-order valence-electron chi connectivity index (χ2n) is 8.13. The molecule has 0 fully saturated rings. The third kappa shape index (κ3) is 3.11. The van der Waals surface area contributed by atoms with E-state index in [0.29, 0.717) is 33.5 Å². The first kappa shape index (κ1) is 21.0. The van der Waals surface area contributed by atoms with Crippen molar-refractivity contribution in [3.8, 4) is 28.6 Å². The number of nitrogens with zero attached hydrogens (tertiary/aromatic N) is 4. The quantitative estimate of drug-likeness (QED) is 0.379. The number of aromatic hydroxyl groups is 1. The van der Waals surface area contributed by atoms with E-state index < -0.39 is 5.91 Å². The average molecular weight is 448 g/mol. The van der Waals surface area contributed by atoms with Gasteiger partial charge in [0, 0.05) is 5.56 Å². The number of fused-ring (bicyclic) bond motifs is 2. The van der Waals surface area contributed by atoms with E-state index in [9.17, 15) is 15.2 Å². The number of aryl methyl sites for hydroxylation is 1. The van der Waals surface area contributed by atoms with Crippen LogP contribution in [0.15, 0.2) is 54.6 Å². The van der Waals surface area contributed by atoms with Gasteiger partial charge in [-0.15, -0.1) is 0 Å². The number of amides is 1. The van der Waals surface area contributed by atoms with Crippen molar-refractivity contribution in [1.29, 1.82) is 5.26 Å². The molecule has 1 amide bonds. The molecule has 8 heteroatoms. The molecule has 5 rings (SSSR count). The third-order valence-corrected chi connectivity index (χ3v) is 5.99. The molecule has 0 saturated heterocycles. The minimum absolute atomic E-state index is 0.0726. The van der Waals surface area contributed by atoms with Gasteiger partial charge in [0.25, 0.3) is 5.91 Å². The first-order valence-corrected chi connectivity index (χ1v) is 10.5. The third-order valence-electron chi connectivity index (χ3n) is 5.99. The SMILES string of the molecule is Cc1ccc(O)c(C)c1-n1c(N)c(C(N)=O)c2nc3cc(-c4cccc(C#N)c4)ccc3nc21. The summed E-state index contributed by atoms with van der Waals surface area (Å²) in [5.41, 5.74) is 18.3. The van der Waals surface area contributed by atoms with Crippen molar-refractivity contribution in [3.05, 3.63) is 76.9 Å². The Bertz CT molecular complexity index is 1690. The maximum Gasteiger partial charge on any atom is 0.254 e. The number of benzene rings is 3. The van der Waals surface area contributed by atoms with Gasteiger partial charge in [0.1, 0.15) is 22.6 Å². The summed E-state index contributed by atoms with van der Waals surface area (Å²) >= 11 is 0. The molecule has 0 aliphatic rings. The number of phenolic OH excluding ortho intramolecular Hbond substituents is 1. The largest absolute Gasteiger partial charge is 0.508 e. The van der Waals surface area contributed by atoms with Crippen LogP contribution >= 0.6 is 0 Å². The van der Waals surface area contributed by atoms with E-state index in [-0.39, 0.29) is 22.6 Å². The van der Waals surface area contributed by atoms with Crippen molar-refractivity contribution >= 4 is 33.9 Å². The number of nitrogen functional groups attached to an aromatic ring is 1. The van der Waals surface area contributed by atoms with E-state index in [1.807, 2.05) is 37.3 Å². The van der Waals surface area contributed by atoms with E-state index in [0.717, 1.165) is 16.7 Å². The summed E-state index contributed by atoms with van der Waals surface area (Å²) in [7, 11) is 0. The Morgan fingerprint density at radius 3 is 2.53 bits per heavy atom. The minimum Gasteiger partial charge on any atom is -0.508 e. The molecule has 5 aromatic rings. The molecule has 0 aliphatic heterocycles. The van der Waals surface area contributed by atoms with Gasteiger partial charge in [0.2, 0.25) is 0 Å². The van der Waals surface area contributed by atoms with Crippen molar-refractivity contribution in [2.75, 3.05) is 5.73 Å². The van der Waals surface area contributed by atoms with Crippen LogP contribution in [0.25, 0.3) is 39.0 Å². The molecule has 5 N–H and O–H groups in total. The van der Waals surface area contributed by atoms with Crippen LogP contribution in [-0.2, 0) is 0 Å². The Morgan fingerprint density at radius 1 is 1.03 bits per heavy atom. The molecule has 0 saturated carbocycles. The standard InChI is InChI=1S/C26H20N6O2/c1-13-6-9-20(33)14(2)23(13)32-24(28)21(25(29)34)22-26(32)31-18-8-7-17(11-19(18)30-22)16-5-3-4-15(10-16)12-27/h3-11,33H,28H2,1-2H3,(H2,29,34). The number of hydrogen-bond donors (Lipinski definition) is 3. The van der Waals surface area contributed by atoms with Crippen molar-refractivity contribution < 1.29 is 9.90 Å². The van der Waals surface area contributed by atoms with E-state index in [4.69, 9.17) is 21.4 Å². The fourth-order valence-corrected chi connectivity index (χ4v) is 4.30. The summed E-state index contributed by atoms with van der Waals surface area (Å²) in [6.45, 7) is 3.65. The zero-order chi connectivity index (χ0) is 24.1. The van der Waals surface area contributed by atoms with Gasteiger partial charge in [-0.05, 0) is 60.9 Å². The second kappa shape index (κ2) is 7.60. The number of hydrogen-bond acceptors (Lipinski definition) is 6. The number of phenols is 1. The van der Waals surface area contributed by atoms with Crippen molar-refractivity contribution in [2.45, 2.75) is 13.8 Å². The topological polar surface area (TPSA) is 144 Å². The van der Waals surface area contributed by atoms with E-state index in [2.05, 4.69) is 6.07 Å². The molecule has 0 bridgehead atoms. The molecule has 0 aliphatic carbocycles. The first-order valence-electron chi connectivity index (χ1n) is 10.5. The van der Waals surface area contributed by atoms with Gasteiger partial charge < -0.3 is 16.6 Å². The van der Waals surface area contributed by atoms with E-state index in [1.165, 1.54) is 0 Å². The molecular weight excluding hydrogens is 428 g/mol. The Morgan fingerprint density at radius 2 is 1.79 bits per heavy atom. The lowest BCUT2D eigenvalue weighted by Gasteiger charge is -2.15. The molecule has 8 nitrogen and oxygen atoms in total. The number of carbonyl (C=O) groups excluding carboxylic acids is 1. The minimum atomic E-state index is -0.719. The molecule has 0 radical (unpaired) electrons. The van der Waals surface area contributed by atoms with Crippen LogP contribution in [0.4, 0.5) is 5.82 Å². The molecule has 0 atom stereocenters. The van der Waals surface area contributed by atoms with Gasteiger partial charge in [-0.1, -0.05) is 24.3 Å².